The normalized spacial score (nSPS) is 14.2. The Hall–Kier alpha value is -6.08. The summed E-state index contributed by atoms with van der Waals surface area (Å²) in [6, 6.07) is 20.3. The second kappa shape index (κ2) is 14.0. The molecule has 1 unspecified atom stereocenters. The van der Waals surface area contributed by atoms with Crippen LogP contribution in [0.5, 0.6) is 11.5 Å². The molecule has 0 amide bonds. The van der Waals surface area contributed by atoms with E-state index in [-0.39, 0.29) is 35.8 Å². The quantitative estimate of drug-likeness (QED) is 0.0811. The summed E-state index contributed by atoms with van der Waals surface area (Å²) in [5.74, 6) is 0.148. The van der Waals surface area contributed by atoms with E-state index in [2.05, 4.69) is 11.6 Å². The average Bonchev–Trinajstić information content (AvgIpc) is 3.67. The van der Waals surface area contributed by atoms with Crippen molar-refractivity contribution in [2.75, 3.05) is 20.3 Å². The highest BCUT2D eigenvalue weighted by Crippen LogP contribution is 2.34. The monoisotopic (exact) mass is 677 g/mol. The number of ether oxygens (including phenoxy) is 3. The first-order valence-corrected chi connectivity index (χ1v) is 16.1. The molecule has 0 saturated carbocycles. The number of allylic oxidation sites excluding steroid dienone is 1. The van der Waals surface area contributed by atoms with E-state index >= 15 is 0 Å². The van der Waals surface area contributed by atoms with Gasteiger partial charge in [-0.3, -0.25) is 19.5 Å². The molecule has 1 atom stereocenters. The molecular formula is C36H31N5O7S. The number of aromatic nitrogens is 3. The number of rotatable bonds is 11. The number of fused-ring (bicyclic) bond motifs is 1. The molecule has 1 aliphatic rings. The Bertz CT molecular complexity index is 2290. The molecule has 6 rings (SSSR count). The Morgan fingerprint density at radius 2 is 1.88 bits per heavy atom. The third kappa shape index (κ3) is 6.43. The molecule has 3 aromatic carbocycles. The number of carbonyl (C=O) groups excluding carboxylic acids is 1. The molecule has 0 saturated heterocycles. The topological polar surface area (TPSA) is 140 Å². The first kappa shape index (κ1) is 32.8. The Morgan fingerprint density at radius 3 is 2.55 bits per heavy atom. The van der Waals surface area contributed by atoms with Crippen LogP contribution in [0.2, 0.25) is 0 Å². The Morgan fingerprint density at radius 1 is 1.12 bits per heavy atom. The maximum absolute atomic E-state index is 14.3. The van der Waals surface area contributed by atoms with E-state index in [1.807, 2.05) is 30.3 Å². The number of benzene rings is 3. The minimum absolute atomic E-state index is 0.00669. The van der Waals surface area contributed by atoms with Crippen molar-refractivity contribution in [3.05, 3.63) is 144 Å². The minimum atomic E-state index is -0.832. The number of methoxy groups -OCH3 is 1. The van der Waals surface area contributed by atoms with Crippen LogP contribution < -0.4 is 24.4 Å². The molecule has 2 aromatic heterocycles. The van der Waals surface area contributed by atoms with Crippen molar-refractivity contribution in [3.63, 3.8) is 0 Å². The Balaban J connectivity index is 1.55. The first-order chi connectivity index (χ1) is 23.7. The van der Waals surface area contributed by atoms with Gasteiger partial charge in [-0.2, -0.15) is 5.10 Å². The highest BCUT2D eigenvalue weighted by atomic mass is 32.1. The summed E-state index contributed by atoms with van der Waals surface area (Å²) in [6.45, 7) is 7.34. The molecule has 3 heterocycles. The fraction of sp³-hybridized carbons (Fsp3) is 0.167. The van der Waals surface area contributed by atoms with Gasteiger partial charge in [0.15, 0.2) is 10.6 Å². The molecule has 0 fully saturated rings. The van der Waals surface area contributed by atoms with Crippen LogP contribution in [-0.2, 0) is 9.53 Å². The molecule has 248 valence electrons. The lowest BCUT2D eigenvalue weighted by atomic mass is 9.96. The number of para-hydroxylation sites is 1. The summed E-state index contributed by atoms with van der Waals surface area (Å²) in [7, 11) is 1.56. The number of esters is 1. The van der Waals surface area contributed by atoms with Gasteiger partial charge in [0, 0.05) is 23.4 Å². The Kier molecular flexibility index (Phi) is 9.35. The number of carbonyl (C=O) groups is 1. The van der Waals surface area contributed by atoms with E-state index in [1.54, 1.807) is 74.3 Å². The van der Waals surface area contributed by atoms with Gasteiger partial charge in [0.25, 0.3) is 5.56 Å². The molecule has 0 bridgehead atoms. The van der Waals surface area contributed by atoms with Gasteiger partial charge in [-0.05, 0) is 61.9 Å². The highest BCUT2D eigenvalue weighted by molar-refractivity contribution is 7.07. The zero-order chi connectivity index (χ0) is 34.7. The summed E-state index contributed by atoms with van der Waals surface area (Å²) < 4.78 is 19.7. The van der Waals surface area contributed by atoms with Gasteiger partial charge in [-0.15, -0.1) is 0 Å². The predicted molar refractivity (Wildman–Crippen MR) is 185 cm³/mol. The molecular weight excluding hydrogens is 646 g/mol. The van der Waals surface area contributed by atoms with Crippen molar-refractivity contribution in [2.24, 2.45) is 4.99 Å². The van der Waals surface area contributed by atoms with E-state index in [4.69, 9.17) is 19.3 Å². The maximum atomic E-state index is 14.3. The third-order valence-corrected chi connectivity index (χ3v) is 8.77. The molecule has 49 heavy (non-hydrogen) atoms. The van der Waals surface area contributed by atoms with Crippen LogP contribution >= 0.6 is 11.3 Å². The summed E-state index contributed by atoms with van der Waals surface area (Å²) >= 11 is 1.16. The fourth-order valence-electron chi connectivity index (χ4n) is 5.55. The van der Waals surface area contributed by atoms with Gasteiger partial charge >= 0.3 is 11.7 Å². The predicted octanol–water partition coefficient (Wildman–Crippen LogP) is 5.13. The van der Waals surface area contributed by atoms with Crippen LogP contribution in [0, 0.1) is 10.1 Å². The molecule has 13 heteroatoms. The first-order valence-electron chi connectivity index (χ1n) is 15.2. The maximum Gasteiger partial charge on any atom is 0.338 e. The molecule has 0 aliphatic carbocycles. The van der Waals surface area contributed by atoms with Gasteiger partial charge in [0.2, 0.25) is 0 Å². The Labute approximate surface area is 284 Å². The van der Waals surface area contributed by atoms with Crippen LogP contribution in [0.15, 0.2) is 113 Å². The van der Waals surface area contributed by atoms with Gasteiger partial charge in [0.05, 0.1) is 46.2 Å². The second-order valence-corrected chi connectivity index (χ2v) is 11.8. The van der Waals surface area contributed by atoms with Crippen LogP contribution in [0.4, 0.5) is 5.69 Å². The molecule has 5 aromatic rings. The van der Waals surface area contributed by atoms with Crippen LogP contribution in [-0.4, -0.2) is 45.6 Å². The van der Waals surface area contributed by atoms with E-state index in [1.165, 1.54) is 16.7 Å². The van der Waals surface area contributed by atoms with Crippen molar-refractivity contribution in [2.45, 2.75) is 19.9 Å². The van der Waals surface area contributed by atoms with Gasteiger partial charge in [0.1, 0.15) is 18.1 Å². The number of thiazole rings is 1. The van der Waals surface area contributed by atoms with E-state index < -0.39 is 16.9 Å². The van der Waals surface area contributed by atoms with Gasteiger partial charge in [-0.1, -0.05) is 54.3 Å². The third-order valence-electron chi connectivity index (χ3n) is 7.78. The molecule has 0 radical (unpaired) electrons. The number of hydrogen-bond donors (Lipinski definition) is 0. The van der Waals surface area contributed by atoms with Gasteiger partial charge < -0.3 is 14.2 Å². The summed E-state index contributed by atoms with van der Waals surface area (Å²) in [5, 5.41) is 16.8. The van der Waals surface area contributed by atoms with E-state index in [9.17, 15) is 19.7 Å². The van der Waals surface area contributed by atoms with Gasteiger partial charge in [-0.25, -0.2) is 14.5 Å². The summed E-state index contributed by atoms with van der Waals surface area (Å²) in [6.07, 6.45) is 4.92. The highest BCUT2D eigenvalue weighted by Gasteiger charge is 2.33. The van der Waals surface area contributed by atoms with Crippen molar-refractivity contribution in [3.8, 4) is 28.4 Å². The van der Waals surface area contributed by atoms with Crippen LogP contribution in [0.3, 0.4) is 0 Å². The largest absolute Gasteiger partial charge is 0.497 e. The molecule has 0 N–H and O–H groups in total. The number of nitrogens with zero attached hydrogens (tertiary/aromatic N) is 5. The average molecular weight is 678 g/mol. The minimum Gasteiger partial charge on any atom is -0.497 e. The van der Waals surface area contributed by atoms with Crippen molar-refractivity contribution in [1.82, 2.24) is 14.3 Å². The summed E-state index contributed by atoms with van der Waals surface area (Å²) in [5.41, 5.74) is 2.88. The SMILES string of the molecule is C=CCOC(=O)C1=C(C)N=c2s/c(=C\c3cn(-c4ccccc4)nc3-c3ccc(OCC)c([N+](=O)[O-])c3)c(=O)n2C1c1ccc(OC)cc1. The standard InChI is InChI=1S/C36H31N5O7S/c1-5-18-48-35(43)31-22(3)37-36-40(33(31)23-12-15-27(46-4)16-13-23)34(42)30(49-36)20-25-21-39(26-10-8-7-9-11-26)38-32(25)24-14-17-29(47-6-2)28(19-24)41(44)45/h5,7-17,19-21,33H,1,6,18H2,2-4H3/b30-20-. The van der Waals surface area contributed by atoms with Crippen LogP contribution in [0.25, 0.3) is 23.0 Å². The van der Waals surface area contributed by atoms with Crippen molar-refractivity contribution < 1.29 is 23.9 Å². The zero-order valence-electron chi connectivity index (χ0n) is 26.9. The van der Waals surface area contributed by atoms with E-state index in [0.29, 0.717) is 43.2 Å². The van der Waals surface area contributed by atoms with Crippen molar-refractivity contribution >= 4 is 29.1 Å². The number of nitro groups is 1. The lowest BCUT2D eigenvalue weighted by Gasteiger charge is -2.24. The van der Waals surface area contributed by atoms with Crippen molar-refractivity contribution in [1.29, 1.82) is 0 Å². The lowest BCUT2D eigenvalue weighted by Crippen LogP contribution is -2.39. The molecule has 0 spiro atoms. The second-order valence-electron chi connectivity index (χ2n) is 10.8. The summed E-state index contributed by atoms with van der Waals surface area (Å²) in [4.78, 5) is 44.2. The zero-order valence-corrected chi connectivity index (χ0v) is 27.7. The molecule has 12 nitrogen and oxygen atoms in total. The number of nitro benzene ring substituents is 1. The smallest absolute Gasteiger partial charge is 0.338 e. The lowest BCUT2D eigenvalue weighted by molar-refractivity contribution is -0.385. The van der Waals surface area contributed by atoms with Crippen LogP contribution in [0.1, 0.15) is 31.0 Å². The number of hydrogen-bond acceptors (Lipinski definition) is 10. The molecule has 1 aliphatic heterocycles. The van der Waals surface area contributed by atoms with E-state index in [0.717, 1.165) is 17.0 Å². The fourth-order valence-corrected chi connectivity index (χ4v) is 6.59.